The molecular weight excluding hydrogens is 286 g/mol. The molecule has 1 unspecified atom stereocenters. The zero-order valence-corrected chi connectivity index (χ0v) is 14.9. The third-order valence-corrected chi connectivity index (χ3v) is 4.70. The van der Waals surface area contributed by atoms with Gasteiger partial charge in [-0.1, -0.05) is 44.2 Å². The molecule has 1 aliphatic heterocycles. The summed E-state index contributed by atoms with van der Waals surface area (Å²) < 4.78 is 0. The Bertz CT molecular complexity index is 501. The van der Waals surface area contributed by atoms with E-state index in [-0.39, 0.29) is 23.9 Å². The summed E-state index contributed by atoms with van der Waals surface area (Å²) in [6.45, 7) is 11.1. The van der Waals surface area contributed by atoms with Crippen LogP contribution in [0.25, 0.3) is 0 Å². The highest BCUT2D eigenvalue weighted by atomic mass is 16.2. The van der Waals surface area contributed by atoms with Crippen molar-refractivity contribution >= 4 is 5.91 Å². The van der Waals surface area contributed by atoms with Gasteiger partial charge in [-0.3, -0.25) is 9.69 Å². The number of likely N-dealkylation sites (tertiary alicyclic amines) is 1. The van der Waals surface area contributed by atoms with Gasteiger partial charge in [0.25, 0.3) is 0 Å². The molecule has 2 atom stereocenters. The molecule has 1 saturated heterocycles. The van der Waals surface area contributed by atoms with E-state index >= 15 is 0 Å². The van der Waals surface area contributed by atoms with Crippen LogP contribution < -0.4 is 5.73 Å². The normalized spacial score (nSPS) is 20.2. The van der Waals surface area contributed by atoms with Gasteiger partial charge in [-0.15, -0.1) is 0 Å². The summed E-state index contributed by atoms with van der Waals surface area (Å²) in [4.78, 5) is 17.2. The lowest BCUT2D eigenvalue weighted by Gasteiger charge is -2.35. The lowest BCUT2D eigenvalue weighted by molar-refractivity contribution is -0.137. The number of carbonyl (C=O) groups is 1. The summed E-state index contributed by atoms with van der Waals surface area (Å²) in [5, 5.41) is 0. The van der Waals surface area contributed by atoms with Crippen LogP contribution in [0.5, 0.6) is 0 Å². The van der Waals surface area contributed by atoms with Gasteiger partial charge in [0.2, 0.25) is 5.91 Å². The molecule has 1 aromatic rings. The maximum atomic E-state index is 12.8. The molecule has 1 heterocycles. The molecule has 0 aliphatic carbocycles. The van der Waals surface area contributed by atoms with Crippen molar-refractivity contribution < 1.29 is 4.79 Å². The second-order valence-corrected chi connectivity index (χ2v) is 7.27. The van der Waals surface area contributed by atoms with Crippen LogP contribution in [-0.2, 0) is 11.3 Å². The van der Waals surface area contributed by atoms with E-state index in [2.05, 4.69) is 43.0 Å². The van der Waals surface area contributed by atoms with Crippen molar-refractivity contribution in [3.8, 4) is 0 Å². The first-order valence-corrected chi connectivity index (χ1v) is 8.74. The van der Waals surface area contributed by atoms with Crippen LogP contribution in [0.3, 0.4) is 0 Å². The Balaban J connectivity index is 2.00. The first-order chi connectivity index (χ1) is 10.9. The fraction of sp³-hybridized carbons (Fsp3) is 0.632. The van der Waals surface area contributed by atoms with Crippen LogP contribution >= 0.6 is 0 Å². The first-order valence-electron chi connectivity index (χ1n) is 8.74. The number of hydrogen-bond donors (Lipinski definition) is 1. The monoisotopic (exact) mass is 317 g/mol. The van der Waals surface area contributed by atoms with Crippen molar-refractivity contribution in [1.29, 1.82) is 0 Å². The Morgan fingerprint density at radius 3 is 2.48 bits per heavy atom. The van der Waals surface area contributed by atoms with Crippen molar-refractivity contribution in [1.82, 2.24) is 9.80 Å². The van der Waals surface area contributed by atoms with Crippen LogP contribution in [-0.4, -0.2) is 46.9 Å². The van der Waals surface area contributed by atoms with E-state index in [1.807, 2.05) is 24.8 Å². The molecule has 1 fully saturated rings. The number of nitrogens with zero attached hydrogens (tertiary/aromatic N) is 2. The van der Waals surface area contributed by atoms with E-state index in [0.29, 0.717) is 0 Å². The summed E-state index contributed by atoms with van der Waals surface area (Å²) >= 11 is 0. The van der Waals surface area contributed by atoms with Crippen molar-refractivity contribution in [3.63, 3.8) is 0 Å². The van der Waals surface area contributed by atoms with E-state index in [4.69, 9.17) is 5.73 Å². The second kappa shape index (κ2) is 7.93. The Labute approximate surface area is 140 Å². The smallest absolute Gasteiger partial charge is 0.240 e. The van der Waals surface area contributed by atoms with Crippen molar-refractivity contribution in [2.75, 3.05) is 13.1 Å². The van der Waals surface area contributed by atoms with Gasteiger partial charge in [0.05, 0.1) is 6.04 Å². The predicted molar refractivity (Wildman–Crippen MR) is 94.9 cm³/mol. The van der Waals surface area contributed by atoms with Gasteiger partial charge in [-0.2, -0.15) is 0 Å². The number of hydrogen-bond acceptors (Lipinski definition) is 3. The third kappa shape index (κ3) is 4.55. The number of benzene rings is 1. The second-order valence-electron chi connectivity index (χ2n) is 7.27. The average Bonchev–Trinajstić information content (AvgIpc) is 2.95. The lowest BCUT2D eigenvalue weighted by atomic mass is 10.0. The Morgan fingerprint density at radius 1 is 1.26 bits per heavy atom. The van der Waals surface area contributed by atoms with Crippen LogP contribution in [0.15, 0.2) is 30.3 Å². The maximum absolute atomic E-state index is 12.8. The topological polar surface area (TPSA) is 49.6 Å². The van der Waals surface area contributed by atoms with E-state index in [1.165, 1.54) is 5.56 Å². The van der Waals surface area contributed by atoms with Crippen molar-refractivity contribution in [3.05, 3.63) is 35.9 Å². The largest absolute Gasteiger partial charge is 0.335 e. The quantitative estimate of drug-likeness (QED) is 0.877. The summed E-state index contributed by atoms with van der Waals surface area (Å²) in [6, 6.07) is 10.6. The summed E-state index contributed by atoms with van der Waals surface area (Å²) in [6.07, 6.45) is 1.03. The van der Waals surface area contributed by atoms with E-state index in [1.54, 1.807) is 0 Å². The molecule has 23 heavy (non-hydrogen) atoms. The Hall–Kier alpha value is -1.39. The maximum Gasteiger partial charge on any atom is 0.240 e. The number of rotatable bonds is 6. The molecule has 2 N–H and O–H groups in total. The molecule has 1 amide bonds. The summed E-state index contributed by atoms with van der Waals surface area (Å²) in [5.74, 6) is 0.270. The zero-order valence-electron chi connectivity index (χ0n) is 14.9. The van der Waals surface area contributed by atoms with Crippen molar-refractivity contribution in [2.24, 2.45) is 11.7 Å². The predicted octanol–water partition coefficient (Wildman–Crippen LogP) is 2.48. The molecule has 2 rings (SSSR count). The highest BCUT2D eigenvalue weighted by Gasteiger charge is 2.35. The molecule has 0 spiro atoms. The molecule has 0 saturated carbocycles. The summed E-state index contributed by atoms with van der Waals surface area (Å²) in [7, 11) is 0. The number of amides is 1. The Kier molecular flexibility index (Phi) is 6.19. The molecule has 4 nitrogen and oxygen atoms in total. The molecule has 0 radical (unpaired) electrons. The fourth-order valence-electron chi connectivity index (χ4n) is 3.34. The van der Waals surface area contributed by atoms with Gasteiger partial charge in [0.1, 0.15) is 0 Å². The molecular formula is C19H31N3O. The van der Waals surface area contributed by atoms with Gasteiger partial charge in [-0.05, 0) is 31.7 Å². The van der Waals surface area contributed by atoms with E-state index in [9.17, 15) is 4.79 Å². The molecule has 0 aromatic heterocycles. The molecule has 0 bridgehead atoms. The minimum atomic E-state index is -0.402. The average molecular weight is 317 g/mol. The van der Waals surface area contributed by atoms with Crippen LogP contribution in [0.4, 0.5) is 0 Å². The van der Waals surface area contributed by atoms with E-state index < -0.39 is 6.04 Å². The van der Waals surface area contributed by atoms with Crippen LogP contribution in [0.1, 0.15) is 39.7 Å². The van der Waals surface area contributed by atoms with Crippen molar-refractivity contribution in [2.45, 2.75) is 58.8 Å². The van der Waals surface area contributed by atoms with Crippen LogP contribution in [0.2, 0.25) is 0 Å². The summed E-state index contributed by atoms with van der Waals surface area (Å²) in [5.41, 5.74) is 7.45. The molecule has 4 heteroatoms. The van der Waals surface area contributed by atoms with Gasteiger partial charge in [0, 0.05) is 31.7 Å². The van der Waals surface area contributed by atoms with Gasteiger partial charge in [-0.25, -0.2) is 0 Å². The molecule has 128 valence electrons. The first kappa shape index (κ1) is 18.0. The Morgan fingerprint density at radius 2 is 1.91 bits per heavy atom. The van der Waals surface area contributed by atoms with Gasteiger partial charge < -0.3 is 10.6 Å². The van der Waals surface area contributed by atoms with E-state index in [0.717, 1.165) is 26.1 Å². The lowest BCUT2D eigenvalue weighted by Crippen LogP contribution is -2.54. The zero-order chi connectivity index (χ0) is 17.0. The minimum absolute atomic E-state index is 0.0987. The highest BCUT2D eigenvalue weighted by molar-refractivity contribution is 5.82. The SMILES string of the molecule is CC(C)[C@H](N)C(=O)N(C(C)C)C1CCN(Cc2ccccc2)C1. The third-order valence-electron chi connectivity index (χ3n) is 4.70. The number of nitrogens with two attached hydrogens (primary N) is 1. The standard InChI is InChI=1S/C19H31N3O/c1-14(2)18(20)19(23)22(15(3)4)17-10-11-21(13-17)12-16-8-6-5-7-9-16/h5-9,14-15,17-18H,10-13,20H2,1-4H3/t17?,18-/m0/s1. The molecule has 1 aromatic carbocycles. The van der Waals surface area contributed by atoms with Gasteiger partial charge in [0.15, 0.2) is 0 Å². The highest BCUT2D eigenvalue weighted by Crippen LogP contribution is 2.21. The van der Waals surface area contributed by atoms with Crippen LogP contribution in [0, 0.1) is 5.92 Å². The minimum Gasteiger partial charge on any atom is -0.335 e. The fourth-order valence-corrected chi connectivity index (χ4v) is 3.34. The number of carbonyl (C=O) groups excluding carboxylic acids is 1. The molecule has 1 aliphatic rings. The van der Waals surface area contributed by atoms with Gasteiger partial charge >= 0.3 is 0 Å².